The number of anilines is 2. The summed E-state index contributed by atoms with van der Waals surface area (Å²) < 4.78 is 3.21. The Balaban J connectivity index is 0.000000195. The normalized spacial score (nSPS) is 18.3. The van der Waals surface area contributed by atoms with Crippen molar-refractivity contribution in [3.63, 3.8) is 0 Å². The molecule has 2 aliphatic carbocycles. The van der Waals surface area contributed by atoms with Crippen LogP contribution in [-0.4, -0.2) is 88.8 Å². The van der Waals surface area contributed by atoms with Gasteiger partial charge in [0.2, 0.25) is 17.7 Å². The first-order valence-corrected chi connectivity index (χ1v) is 28.2. The van der Waals surface area contributed by atoms with E-state index in [-0.39, 0.29) is 80.3 Å². The number of piperidine rings is 2. The topological polar surface area (TPSA) is 297 Å². The number of benzene rings is 4. The minimum Gasteiger partial charge on any atom is -0.480 e. The van der Waals surface area contributed by atoms with Crippen LogP contribution in [0, 0.1) is 48.3 Å². The van der Waals surface area contributed by atoms with Gasteiger partial charge in [-0.05, 0) is 159 Å². The van der Waals surface area contributed by atoms with E-state index in [0.717, 1.165) is 59.3 Å². The molecule has 4 aromatic heterocycles. The number of fused-ring (bicyclic) bond motifs is 6. The number of carboxylic acids is 1. The molecule has 0 radical (unpaired) electrons. The van der Waals surface area contributed by atoms with Crippen molar-refractivity contribution >= 4 is 117 Å². The Labute approximate surface area is 513 Å². The number of aliphatic carboxylic acids is 1. The average molecular weight is 1220 g/mol. The number of pyridine rings is 2. The van der Waals surface area contributed by atoms with Crippen LogP contribution in [0.3, 0.4) is 0 Å². The molecular weight excluding hydrogens is 1160 g/mol. The molecule has 8 N–H and O–H groups in total. The van der Waals surface area contributed by atoms with Gasteiger partial charge in [-0.1, -0.05) is 48.5 Å². The van der Waals surface area contributed by atoms with E-state index in [9.17, 15) is 34.0 Å². The quantitative estimate of drug-likeness (QED) is 0.0670. The van der Waals surface area contributed by atoms with Gasteiger partial charge in [-0.25, -0.2) is 9.97 Å². The van der Waals surface area contributed by atoms with Gasteiger partial charge in [-0.15, -0.1) is 12.4 Å². The van der Waals surface area contributed by atoms with E-state index in [1.54, 1.807) is 64.2 Å². The minimum atomic E-state index is -1.01. The number of rotatable bonds is 12. The monoisotopic (exact) mass is 1220 g/mol. The number of carbonyl (C=O) groups excluding carboxylic acids is 5. The number of carboxylic acid groups (broad SMARTS) is 1. The zero-order chi connectivity index (χ0) is 59.1. The molecule has 4 aromatic carbocycles. The first-order valence-electron chi connectivity index (χ1n) is 26.8. The van der Waals surface area contributed by atoms with E-state index in [1.807, 2.05) is 86.6 Å². The molecule has 12 rings (SSSR count). The van der Waals surface area contributed by atoms with E-state index in [1.165, 1.54) is 23.6 Å². The summed E-state index contributed by atoms with van der Waals surface area (Å²) in [6, 6.07) is 40.6. The number of nitrogens with one attached hydrogen (secondary N) is 3. The number of nitrogens with zero attached hydrogens (tertiary/aromatic N) is 7. The number of aryl methyl sites for hydroxylation is 2. The Hall–Kier alpha value is -8.90. The smallest absolute Gasteiger partial charge is 0.323 e. The lowest BCUT2D eigenvalue weighted by Gasteiger charge is -2.34. The molecule has 0 spiro atoms. The number of nitrogens with two attached hydrogens (primary N) is 2. The molecule has 6 heterocycles. The van der Waals surface area contributed by atoms with Crippen molar-refractivity contribution in [3.8, 4) is 34.4 Å². The highest BCUT2D eigenvalue weighted by Gasteiger charge is 2.51. The first kappa shape index (κ1) is 63.7. The predicted octanol–water partition coefficient (Wildman–Crippen LogP) is 8.36. The summed E-state index contributed by atoms with van der Waals surface area (Å²) in [5.74, 6) is -0.809. The lowest BCUT2D eigenvalue weighted by Crippen LogP contribution is -2.51. The van der Waals surface area contributed by atoms with Crippen LogP contribution in [0.1, 0.15) is 81.8 Å². The molecule has 85 heavy (non-hydrogen) atoms. The third-order valence-corrected chi connectivity index (χ3v) is 15.6. The zero-order valence-electron chi connectivity index (χ0n) is 46.2. The molecule has 19 nitrogen and oxygen atoms in total. The minimum absolute atomic E-state index is 0. The van der Waals surface area contributed by atoms with Gasteiger partial charge in [0.1, 0.15) is 30.8 Å². The maximum atomic E-state index is 13.8. The SMILES string of the molecule is Cc1cccc(NC(=O)[C@@H]2C3CCC(C3)N2C(=O)Cn2cc(C(N)=O)c3cc(-c4cccc(C#N)c4)ccc32)n1.Cc1cccc(NC(=O)[C@H]2NC3CCC2C3)n1.Cl.N#Cc1cccc(-c2ccc3c(c2)c(C(N)=O)cn3CC(=O)O)c1.S.S=S. The highest BCUT2D eigenvalue weighted by molar-refractivity contribution is 8.07. The molecule has 23 heteroatoms. The van der Waals surface area contributed by atoms with Gasteiger partial charge in [0.15, 0.2) is 0 Å². The fourth-order valence-electron chi connectivity index (χ4n) is 12.0. The molecule has 5 amide bonds. The summed E-state index contributed by atoms with van der Waals surface area (Å²) in [4.78, 5) is 84.7. The van der Waals surface area contributed by atoms with Crippen molar-refractivity contribution in [1.29, 1.82) is 10.5 Å². The lowest BCUT2D eigenvalue weighted by molar-refractivity contribution is -0.141. The maximum absolute atomic E-state index is 13.8. The van der Waals surface area contributed by atoms with Crippen LogP contribution >= 0.6 is 25.9 Å². The van der Waals surface area contributed by atoms with Crippen LogP contribution in [0.15, 0.2) is 134 Å². The Kier molecular flexibility index (Phi) is 21.1. The number of carbonyl (C=O) groups is 6. The van der Waals surface area contributed by atoms with E-state index in [0.29, 0.717) is 62.1 Å². The first-order chi connectivity index (χ1) is 40.0. The molecule has 2 saturated carbocycles. The highest BCUT2D eigenvalue weighted by Crippen LogP contribution is 2.43. The van der Waals surface area contributed by atoms with Gasteiger partial charge in [0.05, 0.1) is 40.4 Å². The van der Waals surface area contributed by atoms with E-state index in [4.69, 9.17) is 21.8 Å². The highest BCUT2D eigenvalue weighted by atomic mass is 35.5. The third kappa shape index (κ3) is 14.4. The second kappa shape index (κ2) is 28.1. The number of amides is 5. The van der Waals surface area contributed by atoms with Crippen molar-refractivity contribution < 1.29 is 33.9 Å². The van der Waals surface area contributed by atoms with Crippen molar-refractivity contribution in [3.05, 3.63) is 167 Å². The molecule has 8 aromatic rings. The fraction of sp³-hybridized carbons (Fsp3) is 0.258. The van der Waals surface area contributed by atoms with Crippen LogP contribution in [0.5, 0.6) is 0 Å². The van der Waals surface area contributed by atoms with Crippen LogP contribution in [-0.2, 0) is 54.6 Å². The molecular formula is C62H61ClN12O7S3. The van der Waals surface area contributed by atoms with Gasteiger partial charge in [-0.2, -0.15) is 24.0 Å². The van der Waals surface area contributed by atoms with E-state index < -0.39 is 23.8 Å². The van der Waals surface area contributed by atoms with E-state index in [2.05, 4.69) is 60.4 Å². The summed E-state index contributed by atoms with van der Waals surface area (Å²) >= 11 is 7.33. The Morgan fingerprint density at radius 3 is 1.58 bits per heavy atom. The lowest BCUT2D eigenvalue weighted by atomic mass is 9.97. The number of likely N-dealkylation sites (tertiary alicyclic amines) is 1. The van der Waals surface area contributed by atoms with Gasteiger partial charge < -0.3 is 46.6 Å². The van der Waals surface area contributed by atoms with Gasteiger partial charge in [0, 0.05) is 80.0 Å². The van der Waals surface area contributed by atoms with Gasteiger partial charge in [0.25, 0.3) is 11.8 Å². The molecule has 2 saturated heterocycles. The molecule has 4 bridgehead atoms. The van der Waals surface area contributed by atoms with Crippen LogP contribution in [0.25, 0.3) is 44.1 Å². The summed E-state index contributed by atoms with van der Waals surface area (Å²) in [6.45, 7) is 3.50. The van der Waals surface area contributed by atoms with Crippen LogP contribution < -0.4 is 27.4 Å². The fourth-order valence-corrected chi connectivity index (χ4v) is 12.0. The zero-order valence-corrected chi connectivity index (χ0v) is 49.7. The Morgan fingerprint density at radius 2 is 1.12 bits per heavy atom. The molecule has 6 atom stereocenters. The number of primary amides is 2. The van der Waals surface area contributed by atoms with Crippen molar-refractivity contribution in [2.24, 2.45) is 23.3 Å². The summed E-state index contributed by atoms with van der Waals surface area (Å²) in [5, 5.41) is 37.7. The largest absolute Gasteiger partial charge is 0.480 e. The van der Waals surface area contributed by atoms with Crippen molar-refractivity contribution in [1.82, 2.24) is 29.3 Å². The number of nitriles is 2. The standard InChI is InChI=1S/C31H28N6O3.C18H13N3O3.C13H17N3O.ClH.S2.H2S/c1-18-4-2-7-27(34-18)35-31(40)29-22-8-10-23(13-22)37(29)28(38)17-36-16-25(30(33)39)24-14-21(9-11-26(24)36)20-6-3-5-19(12-20)15-32;19-8-11-2-1-3-12(6-11)13-4-5-16-14(7-13)15(18(20)24)9-21(16)10-17(22)23;1-8-3-2-4-11(14-8)16-13(17)12-9-5-6-10(7-9)15-12;;1-2;/h2-7,9,11-12,14,16,22-23,29H,8,10,13,17H2,1H3,(H2,33,39)(H,34,35,40);1-7,9H,10H2,(H2,20,24)(H,22,23);2-4,9-10,12,15H,5-7H2,1H3,(H,14,16,17);1H;;1H2/t22?,23?,29-;;9?,10?,12-;;;/m0.0.../s1. The number of halogens is 1. The molecule has 4 fully saturated rings. The molecule has 2 aliphatic heterocycles. The third-order valence-electron chi connectivity index (χ3n) is 15.6. The van der Waals surface area contributed by atoms with Crippen molar-refractivity contribution in [2.75, 3.05) is 10.6 Å². The van der Waals surface area contributed by atoms with Crippen LogP contribution in [0.2, 0.25) is 0 Å². The molecule has 436 valence electrons. The van der Waals surface area contributed by atoms with Crippen LogP contribution in [0.4, 0.5) is 11.6 Å². The van der Waals surface area contributed by atoms with Crippen molar-refractivity contribution in [2.45, 2.75) is 89.6 Å². The number of hydrogen-bond acceptors (Lipinski definition) is 13. The summed E-state index contributed by atoms with van der Waals surface area (Å²) in [7, 11) is 0. The number of hydrogen-bond donors (Lipinski definition) is 6. The van der Waals surface area contributed by atoms with Gasteiger partial charge in [-0.3, -0.25) is 28.8 Å². The predicted molar refractivity (Wildman–Crippen MR) is 336 cm³/mol. The summed E-state index contributed by atoms with van der Waals surface area (Å²) in [6.07, 6.45) is 9.19. The second-order valence-corrected chi connectivity index (χ2v) is 21.0. The van der Waals surface area contributed by atoms with Gasteiger partial charge >= 0.3 is 5.97 Å². The Bertz CT molecular complexity index is 3950. The summed E-state index contributed by atoms with van der Waals surface area (Å²) in [5.41, 5.74) is 19.1. The van der Waals surface area contributed by atoms with E-state index >= 15 is 0 Å². The maximum Gasteiger partial charge on any atom is 0.323 e. The molecule has 4 unspecified atom stereocenters. The Morgan fingerprint density at radius 1 is 0.635 bits per heavy atom. The molecule has 4 aliphatic rings. The second-order valence-electron chi connectivity index (χ2n) is 21.0. The number of aromatic nitrogens is 4. The average Bonchev–Trinajstić information content (AvgIpc) is 2.40.